The first-order chi connectivity index (χ1) is 13.0. The Balaban J connectivity index is 1.70. The molecule has 1 N–H and O–H groups in total. The highest BCUT2D eigenvalue weighted by atomic mass is 79.9. The fraction of sp³-hybridized carbons (Fsp3) is 0.235. The number of morpholine rings is 1. The summed E-state index contributed by atoms with van der Waals surface area (Å²) in [5.41, 5.74) is 0.945. The highest BCUT2D eigenvalue weighted by molar-refractivity contribution is 9.10. The fourth-order valence-electron chi connectivity index (χ4n) is 2.80. The molecule has 3 heterocycles. The van der Waals surface area contributed by atoms with Gasteiger partial charge < -0.3 is 14.7 Å². The molecule has 0 spiro atoms. The minimum atomic E-state index is -0.496. The number of phenolic OH excluding ortho intramolecular Hbond substituents is 1. The summed E-state index contributed by atoms with van der Waals surface area (Å²) >= 11 is 9.37. The molecule has 1 aromatic carbocycles. The first kappa shape index (κ1) is 18.1. The van der Waals surface area contributed by atoms with Crippen LogP contribution in [-0.2, 0) is 4.74 Å². The molecule has 4 rings (SSSR count). The van der Waals surface area contributed by atoms with E-state index in [0.717, 1.165) is 6.20 Å². The van der Waals surface area contributed by atoms with Gasteiger partial charge in [0.15, 0.2) is 11.6 Å². The fourth-order valence-corrected chi connectivity index (χ4v) is 3.61. The van der Waals surface area contributed by atoms with Gasteiger partial charge in [-0.1, -0.05) is 27.5 Å². The second-order valence-corrected chi connectivity index (χ2v) is 7.19. The van der Waals surface area contributed by atoms with Crippen LogP contribution in [0.5, 0.6) is 5.75 Å². The van der Waals surface area contributed by atoms with Crippen molar-refractivity contribution in [2.45, 2.75) is 0 Å². The summed E-state index contributed by atoms with van der Waals surface area (Å²) in [6, 6.07) is 4.99. The van der Waals surface area contributed by atoms with Crippen molar-refractivity contribution in [3.63, 3.8) is 0 Å². The van der Waals surface area contributed by atoms with E-state index in [4.69, 9.17) is 16.3 Å². The van der Waals surface area contributed by atoms with Gasteiger partial charge in [0.1, 0.15) is 5.75 Å². The predicted molar refractivity (Wildman–Crippen MR) is 102 cm³/mol. The molecule has 1 saturated heterocycles. The predicted octanol–water partition coefficient (Wildman–Crippen LogP) is 3.43. The first-order valence-electron chi connectivity index (χ1n) is 8.12. The Morgan fingerprint density at radius 3 is 2.81 bits per heavy atom. The van der Waals surface area contributed by atoms with Crippen LogP contribution in [0.1, 0.15) is 0 Å². The topological polar surface area (TPSA) is 76.3 Å². The van der Waals surface area contributed by atoms with E-state index in [0.29, 0.717) is 42.0 Å². The number of halogens is 3. The van der Waals surface area contributed by atoms with Gasteiger partial charge in [-0.15, -0.1) is 0 Å². The van der Waals surface area contributed by atoms with Crippen LogP contribution in [0.3, 0.4) is 0 Å². The molecule has 10 heteroatoms. The van der Waals surface area contributed by atoms with Crippen LogP contribution in [0.25, 0.3) is 17.2 Å². The summed E-state index contributed by atoms with van der Waals surface area (Å²) in [5.74, 6) is -0.123. The molecule has 140 valence electrons. The Morgan fingerprint density at radius 1 is 1.26 bits per heavy atom. The Kier molecular flexibility index (Phi) is 4.98. The summed E-state index contributed by atoms with van der Waals surface area (Å²) in [4.78, 5) is 10.2. The number of phenols is 1. The van der Waals surface area contributed by atoms with Crippen LogP contribution in [-0.4, -0.2) is 51.2 Å². The SMILES string of the molecule is Oc1c(Cl)cc(Br)cc1-c1ccn(-c2ncc(F)c(N3CCOCC3)n2)n1. The normalized spacial score (nSPS) is 14.6. The molecule has 3 aromatic rings. The quantitative estimate of drug-likeness (QED) is 0.653. The Labute approximate surface area is 167 Å². The van der Waals surface area contributed by atoms with Crippen molar-refractivity contribution in [2.75, 3.05) is 31.2 Å². The van der Waals surface area contributed by atoms with Crippen molar-refractivity contribution in [2.24, 2.45) is 0 Å². The standard InChI is InChI=1S/C17H14BrClFN5O2/c18-10-7-11(15(26)12(19)8-10)14-1-2-25(23-14)17-21-9-13(20)16(22-17)24-3-5-27-6-4-24/h1-2,7-9,26H,3-6H2. The van der Waals surface area contributed by atoms with Crippen molar-refractivity contribution < 1.29 is 14.2 Å². The van der Waals surface area contributed by atoms with E-state index in [1.807, 2.05) is 4.90 Å². The first-order valence-corrected chi connectivity index (χ1v) is 9.29. The largest absolute Gasteiger partial charge is 0.506 e. The third kappa shape index (κ3) is 3.62. The van der Waals surface area contributed by atoms with Crippen LogP contribution in [0.15, 0.2) is 35.1 Å². The Hall–Kier alpha value is -2.23. The van der Waals surface area contributed by atoms with Crippen molar-refractivity contribution in [3.8, 4) is 23.0 Å². The molecule has 0 saturated carbocycles. The van der Waals surface area contributed by atoms with E-state index in [9.17, 15) is 9.50 Å². The third-order valence-electron chi connectivity index (χ3n) is 4.12. The van der Waals surface area contributed by atoms with Gasteiger partial charge in [-0.05, 0) is 18.2 Å². The maximum absolute atomic E-state index is 14.2. The monoisotopic (exact) mass is 453 g/mol. The minimum absolute atomic E-state index is 0.0702. The molecule has 0 aliphatic carbocycles. The molecular formula is C17H14BrClFN5O2. The zero-order valence-electron chi connectivity index (χ0n) is 13.9. The summed E-state index contributed by atoms with van der Waals surface area (Å²) in [6.07, 6.45) is 2.77. The van der Waals surface area contributed by atoms with Crippen molar-refractivity contribution in [3.05, 3.63) is 45.9 Å². The van der Waals surface area contributed by atoms with E-state index in [1.165, 1.54) is 4.68 Å². The molecule has 1 fully saturated rings. The van der Waals surface area contributed by atoms with E-state index >= 15 is 0 Å². The average molecular weight is 455 g/mol. The van der Waals surface area contributed by atoms with Crippen LogP contribution in [0, 0.1) is 5.82 Å². The highest BCUT2D eigenvalue weighted by Gasteiger charge is 2.19. The van der Waals surface area contributed by atoms with Gasteiger partial charge in [0.25, 0.3) is 5.95 Å². The number of hydrogen-bond donors (Lipinski definition) is 1. The number of ether oxygens (including phenoxy) is 1. The number of aromatic hydroxyl groups is 1. The zero-order chi connectivity index (χ0) is 19.0. The average Bonchev–Trinajstić information content (AvgIpc) is 3.15. The third-order valence-corrected chi connectivity index (χ3v) is 4.87. The zero-order valence-corrected chi connectivity index (χ0v) is 16.3. The van der Waals surface area contributed by atoms with Crippen LogP contribution in [0.4, 0.5) is 10.2 Å². The maximum Gasteiger partial charge on any atom is 0.252 e. The molecule has 0 atom stereocenters. The van der Waals surface area contributed by atoms with Gasteiger partial charge in [-0.2, -0.15) is 10.1 Å². The number of benzene rings is 1. The second-order valence-electron chi connectivity index (χ2n) is 5.87. The van der Waals surface area contributed by atoms with Crippen LogP contribution >= 0.6 is 27.5 Å². The molecule has 1 aliphatic rings. The van der Waals surface area contributed by atoms with Gasteiger partial charge in [0.2, 0.25) is 0 Å². The number of anilines is 1. The molecular weight excluding hydrogens is 441 g/mol. The second kappa shape index (κ2) is 7.41. The van der Waals surface area contributed by atoms with Crippen molar-refractivity contribution in [1.29, 1.82) is 0 Å². The van der Waals surface area contributed by atoms with Crippen molar-refractivity contribution >= 4 is 33.3 Å². The summed E-state index contributed by atoms with van der Waals surface area (Å²) in [7, 11) is 0. The summed E-state index contributed by atoms with van der Waals surface area (Å²) in [5, 5.41) is 14.8. The lowest BCUT2D eigenvalue weighted by Crippen LogP contribution is -2.37. The highest BCUT2D eigenvalue weighted by Crippen LogP contribution is 2.37. The van der Waals surface area contributed by atoms with Gasteiger partial charge in [-0.3, -0.25) is 0 Å². The van der Waals surface area contributed by atoms with E-state index in [1.54, 1.807) is 24.4 Å². The summed E-state index contributed by atoms with van der Waals surface area (Å²) < 4.78 is 21.6. The molecule has 0 amide bonds. The Morgan fingerprint density at radius 2 is 2.04 bits per heavy atom. The lowest BCUT2D eigenvalue weighted by atomic mass is 10.1. The number of nitrogens with zero attached hydrogens (tertiary/aromatic N) is 5. The lowest BCUT2D eigenvalue weighted by molar-refractivity contribution is 0.122. The molecule has 0 radical (unpaired) electrons. The number of rotatable bonds is 3. The van der Waals surface area contributed by atoms with Gasteiger partial charge in [0.05, 0.1) is 30.1 Å². The van der Waals surface area contributed by atoms with Gasteiger partial charge in [-0.25, -0.2) is 14.1 Å². The lowest BCUT2D eigenvalue weighted by Gasteiger charge is -2.27. The summed E-state index contributed by atoms with van der Waals surface area (Å²) in [6.45, 7) is 2.16. The van der Waals surface area contributed by atoms with E-state index in [2.05, 4.69) is 31.0 Å². The molecule has 27 heavy (non-hydrogen) atoms. The van der Waals surface area contributed by atoms with Gasteiger partial charge in [0, 0.05) is 29.3 Å². The molecule has 7 nitrogen and oxygen atoms in total. The van der Waals surface area contributed by atoms with E-state index in [-0.39, 0.29) is 22.5 Å². The number of aromatic nitrogens is 4. The van der Waals surface area contributed by atoms with Gasteiger partial charge >= 0.3 is 0 Å². The maximum atomic E-state index is 14.2. The van der Waals surface area contributed by atoms with Crippen LogP contribution < -0.4 is 4.90 Å². The minimum Gasteiger partial charge on any atom is -0.506 e. The number of hydrogen-bond acceptors (Lipinski definition) is 6. The molecule has 0 unspecified atom stereocenters. The smallest absolute Gasteiger partial charge is 0.252 e. The Bertz CT molecular complexity index is 993. The van der Waals surface area contributed by atoms with Crippen molar-refractivity contribution in [1.82, 2.24) is 19.7 Å². The molecule has 2 aromatic heterocycles. The molecule has 0 bridgehead atoms. The van der Waals surface area contributed by atoms with E-state index < -0.39 is 5.82 Å². The van der Waals surface area contributed by atoms with Crippen LogP contribution in [0.2, 0.25) is 5.02 Å². The molecule has 1 aliphatic heterocycles.